The minimum atomic E-state index is -2.89. The van der Waals surface area contributed by atoms with Crippen molar-refractivity contribution < 1.29 is 60.3 Å². The van der Waals surface area contributed by atoms with Crippen molar-refractivity contribution in [3.63, 3.8) is 0 Å². The van der Waals surface area contributed by atoms with Crippen molar-refractivity contribution in [2.45, 2.75) is 0 Å². The quantitative estimate of drug-likeness (QED) is 0.173. The molecule has 2 aromatic heterocycles. The van der Waals surface area contributed by atoms with Crippen LogP contribution in [0.5, 0.6) is 0 Å². The first-order valence-electron chi connectivity index (χ1n) is 12.7. The maximum Gasteiger partial charge on any atom is 1.00 e. The summed E-state index contributed by atoms with van der Waals surface area (Å²) in [5, 5.41) is 4.30. The van der Waals surface area contributed by atoms with Gasteiger partial charge in [-0.2, -0.15) is 4.39 Å². The third kappa shape index (κ3) is 10.3. The molecule has 4 aromatic carbocycles. The predicted molar refractivity (Wildman–Crippen MR) is 167 cm³/mol. The molecule has 0 saturated heterocycles. The van der Waals surface area contributed by atoms with Gasteiger partial charge >= 0.3 is 51.4 Å². The third-order valence-corrected chi connectivity index (χ3v) is 9.68. The summed E-state index contributed by atoms with van der Waals surface area (Å²) in [6.45, 7) is 0. The number of pyridine rings is 2. The molecular weight excluding hydrogens is 572 g/mol. The van der Waals surface area contributed by atoms with Crippen LogP contribution in [0.2, 0.25) is 0 Å². The first-order valence-corrected chi connectivity index (χ1v) is 15.3. The summed E-state index contributed by atoms with van der Waals surface area (Å²) < 4.78 is 25.6. The zero-order valence-electron chi connectivity index (χ0n) is 22.7. The van der Waals surface area contributed by atoms with Crippen molar-refractivity contribution in [2.24, 2.45) is 0 Å². The largest absolute Gasteiger partial charge is 1.00 e. The van der Waals surface area contributed by atoms with Gasteiger partial charge in [0.05, 0.1) is 0 Å². The first kappa shape index (κ1) is 32.9. The number of nitrogens with zero attached hydrogens (tertiary/aromatic N) is 2. The molecule has 0 amide bonds. The van der Waals surface area contributed by atoms with E-state index in [4.69, 9.17) is 0 Å². The van der Waals surface area contributed by atoms with Crippen LogP contribution < -0.4 is 78.0 Å². The van der Waals surface area contributed by atoms with E-state index < -0.39 is 13.1 Å². The fourth-order valence-corrected chi connectivity index (χ4v) is 7.20. The van der Waals surface area contributed by atoms with Gasteiger partial charge in [-0.05, 0) is 24.3 Å². The zero-order valence-corrected chi connectivity index (χ0v) is 27.7. The van der Waals surface area contributed by atoms with E-state index in [0.717, 1.165) is 10.6 Å². The van der Waals surface area contributed by atoms with Crippen LogP contribution in [-0.4, -0.2) is 9.97 Å². The van der Waals surface area contributed by atoms with Crippen LogP contribution in [0.15, 0.2) is 170 Å². The van der Waals surface area contributed by atoms with Crippen LogP contribution in [0.3, 0.4) is 0 Å². The second kappa shape index (κ2) is 18.1. The SMILES string of the molecule is Fc1ccccn1.O=P(c1ccccc1)(c1ccccc1)c1ccccn1.[K+].c1ccc([P-]c2ccccc2)cc1. The predicted octanol–water partition coefficient (Wildman–Crippen LogP) is 3.53. The molecule has 0 spiro atoms. The molecule has 41 heavy (non-hydrogen) atoms. The number of aromatic nitrogens is 2. The molecule has 6 aromatic rings. The Balaban J connectivity index is 0.000000189. The Morgan fingerprint density at radius 2 is 0.878 bits per heavy atom. The summed E-state index contributed by atoms with van der Waals surface area (Å²) in [5.41, 5.74) is 0.623. The summed E-state index contributed by atoms with van der Waals surface area (Å²) in [6.07, 6.45) is 3.10. The van der Waals surface area contributed by atoms with Crippen LogP contribution >= 0.6 is 15.7 Å². The van der Waals surface area contributed by atoms with Crippen LogP contribution in [0.4, 0.5) is 4.39 Å². The van der Waals surface area contributed by atoms with Crippen LogP contribution in [-0.2, 0) is 4.57 Å². The summed E-state index contributed by atoms with van der Waals surface area (Å²) in [5.74, 6) is -0.428. The Labute approximate surface area is 285 Å². The van der Waals surface area contributed by atoms with Crippen molar-refractivity contribution in [3.8, 4) is 0 Å². The minimum absolute atomic E-state index is 0. The Morgan fingerprint density at radius 1 is 0.488 bits per heavy atom. The summed E-state index contributed by atoms with van der Waals surface area (Å²) in [4.78, 5) is 7.65. The molecule has 6 rings (SSSR count). The molecule has 0 saturated carbocycles. The van der Waals surface area contributed by atoms with Crippen LogP contribution in [0.1, 0.15) is 0 Å². The standard InChI is InChI=1S/C17H14NOP.C12H10P.C5H4FN.K/c19-20(15-9-3-1-4-10-15,16-11-5-2-6-12-16)17-13-7-8-14-18-17;1-3-7-11(8-4-1)13-12-9-5-2-6-10-12;6-5-3-1-2-4-7-5;/h1-14H;1-10H;1-4H;/q;-1;;+1. The number of benzene rings is 4. The molecule has 0 fully saturated rings. The van der Waals surface area contributed by atoms with Crippen molar-refractivity contribution in [1.29, 1.82) is 0 Å². The van der Waals surface area contributed by atoms with E-state index in [0.29, 0.717) is 5.44 Å². The topological polar surface area (TPSA) is 42.9 Å². The van der Waals surface area contributed by atoms with Crippen molar-refractivity contribution in [3.05, 3.63) is 176 Å². The van der Waals surface area contributed by atoms with E-state index >= 15 is 0 Å². The van der Waals surface area contributed by atoms with E-state index in [2.05, 4.69) is 58.5 Å². The van der Waals surface area contributed by atoms with Crippen molar-refractivity contribution >= 4 is 42.4 Å². The molecule has 0 aliphatic rings. The molecule has 0 N–H and O–H groups in total. The normalized spacial score (nSPS) is 10.1. The van der Waals surface area contributed by atoms with Gasteiger partial charge in [-0.15, -0.1) is 0 Å². The molecule has 3 nitrogen and oxygen atoms in total. The zero-order chi connectivity index (χ0) is 27.9. The Morgan fingerprint density at radius 3 is 1.22 bits per heavy atom. The molecule has 0 bridgehead atoms. The number of hydrogen-bond acceptors (Lipinski definition) is 3. The summed E-state index contributed by atoms with van der Waals surface area (Å²) in [6, 6.07) is 50.2. The molecule has 0 aliphatic carbocycles. The number of halogens is 1. The van der Waals surface area contributed by atoms with Gasteiger partial charge in [0.1, 0.15) is 5.44 Å². The van der Waals surface area contributed by atoms with E-state index in [1.165, 1.54) is 31.5 Å². The van der Waals surface area contributed by atoms with E-state index in [9.17, 15) is 8.96 Å². The number of rotatable bonds is 5. The second-order valence-corrected chi connectivity index (χ2v) is 12.4. The molecular formula is C34H28FKN2OP2. The van der Waals surface area contributed by atoms with E-state index in [1.807, 2.05) is 91.0 Å². The molecule has 7 heteroatoms. The molecule has 0 unspecified atom stereocenters. The number of hydrogen-bond donors (Lipinski definition) is 0. The molecule has 0 aliphatic heterocycles. The van der Waals surface area contributed by atoms with Gasteiger partial charge < -0.3 is 13.1 Å². The van der Waals surface area contributed by atoms with Gasteiger partial charge in [-0.25, -0.2) is 15.6 Å². The molecule has 198 valence electrons. The average Bonchev–Trinajstić information content (AvgIpc) is 3.04. The summed E-state index contributed by atoms with van der Waals surface area (Å²) in [7, 11) is -1.61. The smallest absolute Gasteiger partial charge is 0.472 e. The van der Waals surface area contributed by atoms with Crippen molar-refractivity contribution in [1.82, 2.24) is 9.97 Å². The van der Waals surface area contributed by atoms with Gasteiger partial charge in [-0.1, -0.05) is 133 Å². The average molecular weight is 601 g/mol. The fourth-order valence-electron chi connectivity index (χ4n) is 3.73. The molecule has 0 radical (unpaired) electrons. The van der Waals surface area contributed by atoms with Gasteiger partial charge in [0.2, 0.25) is 5.95 Å². The van der Waals surface area contributed by atoms with E-state index in [1.54, 1.807) is 18.3 Å². The maximum absolute atomic E-state index is 13.8. The van der Waals surface area contributed by atoms with Gasteiger partial charge in [0.15, 0.2) is 7.14 Å². The monoisotopic (exact) mass is 600 g/mol. The third-order valence-electron chi connectivity index (χ3n) is 5.61. The van der Waals surface area contributed by atoms with Gasteiger partial charge in [-0.3, -0.25) is 4.98 Å². The van der Waals surface area contributed by atoms with Crippen LogP contribution in [0.25, 0.3) is 0 Å². The molecule has 0 atom stereocenters. The van der Waals surface area contributed by atoms with E-state index in [-0.39, 0.29) is 51.4 Å². The fraction of sp³-hybridized carbons (Fsp3) is 0. The second-order valence-electron chi connectivity index (χ2n) is 8.40. The Bertz CT molecular complexity index is 1440. The minimum Gasteiger partial charge on any atom is -0.472 e. The Kier molecular flexibility index (Phi) is 14.5. The van der Waals surface area contributed by atoms with Gasteiger partial charge in [0.25, 0.3) is 0 Å². The van der Waals surface area contributed by atoms with Crippen molar-refractivity contribution in [2.75, 3.05) is 0 Å². The van der Waals surface area contributed by atoms with Crippen LogP contribution in [0, 0.1) is 5.95 Å². The van der Waals surface area contributed by atoms with Gasteiger partial charge in [0, 0.05) is 23.0 Å². The summed E-state index contributed by atoms with van der Waals surface area (Å²) >= 11 is 0. The maximum atomic E-state index is 13.8. The molecule has 2 heterocycles. The first-order chi connectivity index (χ1) is 19.7. The Hall–Kier alpha value is -2.59.